The molecule has 1 amide bonds. The predicted octanol–water partition coefficient (Wildman–Crippen LogP) is 4.00. The van der Waals surface area contributed by atoms with Gasteiger partial charge in [-0.3, -0.25) is 14.7 Å². The Morgan fingerprint density at radius 2 is 1.69 bits per heavy atom. The van der Waals surface area contributed by atoms with Crippen LogP contribution in [-0.2, 0) is 20.0 Å². The van der Waals surface area contributed by atoms with Crippen molar-refractivity contribution in [2.75, 3.05) is 24.3 Å². The van der Waals surface area contributed by atoms with Gasteiger partial charge in [0.2, 0.25) is 17.7 Å². The number of rotatable bonds is 11. The van der Waals surface area contributed by atoms with Crippen molar-refractivity contribution >= 4 is 41.4 Å². The zero-order valence-electron chi connectivity index (χ0n) is 20.6. The number of esters is 2. The fourth-order valence-corrected chi connectivity index (χ4v) is 4.51. The molecule has 1 unspecified atom stereocenters. The summed E-state index contributed by atoms with van der Waals surface area (Å²) < 4.78 is 17.3. The molecule has 12 heteroatoms. The van der Waals surface area contributed by atoms with E-state index in [1.165, 1.54) is 23.3 Å². The number of nitrogens with zero attached hydrogens (tertiary/aromatic N) is 3. The Balaban J connectivity index is 1.91. The summed E-state index contributed by atoms with van der Waals surface area (Å²) in [6.45, 7) is 6.74. The zero-order chi connectivity index (χ0) is 26.2. The van der Waals surface area contributed by atoms with Crippen LogP contribution in [-0.4, -0.2) is 45.8 Å². The first-order valence-electron chi connectivity index (χ1n) is 11.5. The smallest absolute Gasteiger partial charge is 0.344 e. The molecule has 1 atom stereocenters. The number of nitrogen functional groups attached to an aromatic ring is 1. The summed E-state index contributed by atoms with van der Waals surface area (Å²) >= 11 is 1.39. The van der Waals surface area contributed by atoms with Crippen molar-refractivity contribution in [2.45, 2.75) is 51.1 Å². The van der Waals surface area contributed by atoms with Gasteiger partial charge in [0.15, 0.2) is 5.16 Å². The molecular formula is C24H29N5O6S. The molecule has 2 heterocycles. The van der Waals surface area contributed by atoms with Crippen molar-refractivity contribution < 1.29 is 28.3 Å². The summed E-state index contributed by atoms with van der Waals surface area (Å²) in [5, 5.41) is 11.2. The maximum Gasteiger partial charge on any atom is 0.344 e. The van der Waals surface area contributed by atoms with Gasteiger partial charge in [-0.15, -0.1) is 10.2 Å². The van der Waals surface area contributed by atoms with Crippen LogP contribution in [0.1, 0.15) is 65.3 Å². The summed E-state index contributed by atoms with van der Waals surface area (Å²) in [7, 11) is 0. The summed E-state index contributed by atoms with van der Waals surface area (Å²) in [6, 6.07) is 8.96. The third-order valence-electron chi connectivity index (χ3n) is 5.18. The fraction of sp³-hybridized carbons (Fsp3) is 0.375. The van der Waals surface area contributed by atoms with Crippen LogP contribution in [0.5, 0.6) is 0 Å². The highest BCUT2D eigenvalue weighted by molar-refractivity contribution is 7.98. The van der Waals surface area contributed by atoms with Gasteiger partial charge in [0.25, 0.3) is 0 Å². The van der Waals surface area contributed by atoms with Gasteiger partial charge in [-0.2, -0.15) is 0 Å². The van der Waals surface area contributed by atoms with Gasteiger partial charge < -0.3 is 19.6 Å². The number of amides is 1. The van der Waals surface area contributed by atoms with Crippen molar-refractivity contribution in [1.29, 1.82) is 0 Å². The van der Waals surface area contributed by atoms with Gasteiger partial charge >= 0.3 is 11.9 Å². The SMILES string of the molecule is CCOC(=O)c1c(C)oc(NC(=O)C(CC)n2c(N)nnc2SCc2ccccc2)c1C(=O)OCC. The minimum atomic E-state index is -0.816. The van der Waals surface area contributed by atoms with Gasteiger partial charge in [0, 0.05) is 5.75 Å². The second-order valence-electron chi connectivity index (χ2n) is 7.58. The van der Waals surface area contributed by atoms with Crippen LogP contribution in [0.4, 0.5) is 11.8 Å². The Morgan fingerprint density at radius 1 is 1.06 bits per heavy atom. The lowest BCUT2D eigenvalue weighted by atomic mass is 10.1. The van der Waals surface area contributed by atoms with Gasteiger partial charge in [0.05, 0.1) is 13.2 Å². The maximum atomic E-state index is 13.4. The molecule has 0 spiro atoms. The monoisotopic (exact) mass is 515 g/mol. The van der Waals surface area contributed by atoms with E-state index in [1.807, 2.05) is 30.3 Å². The average Bonchev–Trinajstić information content (AvgIpc) is 3.38. The van der Waals surface area contributed by atoms with Crippen molar-refractivity contribution in [2.24, 2.45) is 0 Å². The Hall–Kier alpha value is -3.80. The van der Waals surface area contributed by atoms with E-state index in [4.69, 9.17) is 19.6 Å². The Kier molecular flexibility index (Phi) is 9.12. The second-order valence-corrected chi connectivity index (χ2v) is 8.52. The summed E-state index contributed by atoms with van der Waals surface area (Å²) in [5.41, 5.74) is 6.85. The van der Waals surface area contributed by atoms with E-state index in [9.17, 15) is 14.4 Å². The second kappa shape index (κ2) is 12.2. The van der Waals surface area contributed by atoms with E-state index in [0.29, 0.717) is 17.3 Å². The molecule has 0 aliphatic rings. The molecular weight excluding hydrogens is 486 g/mol. The minimum Gasteiger partial charge on any atom is -0.462 e. The highest BCUT2D eigenvalue weighted by atomic mass is 32.2. The number of carbonyl (C=O) groups is 3. The first-order valence-corrected chi connectivity index (χ1v) is 12.5. The summed E-state index contributed by atoms with van der Waals surface area (Å²) in [5.74, 6) is -1.52. The third kappa shape index (κ3) is 5.88. The molecule has 0 aliphatic carbocycles. The number of ether oxygens (including phenoxy) is 2. The molecule has 0 saturated carbocycles. The molecule has 0 radical (unpaired) electrons. The largest absolute Gasteiger partial charge is 0.462 e. The third-order valence-corrected chi connectivity index (χ3v) is 6.20. The molecule has 0 bridgehead atoms. The molecule has 0 aliphatic heterocycles. The Morgan fingerprint density at radius 3 is 2.31 bits per heavy atom. The van der Waals surface area contributed by atoms with E-state index < -0.39 is 23.9 Å². The highest BCUT2D eigenvalue weighted by Crippen LogP contribution is 2.32. The van der Waals surface area contributed by atoms with E-state index >= 15 is 0 Å². The lowest BCUT2D eigenvalue weighted by molar-refractivity contribution is -0.119. The molecule has 1 aromatic carbocycles. The molecule has 3 N–H and O–H groups in total. The zero-order valence-corrected chi connectivity index (χ0v) is 21.4. The van der Waals surface area contributed by atoms with Crippen molar-refractivity contribution in [3.8, 4) is 0 Å². The molecule has 3 aromatic rings. The number of furan rings is 1. The maximum absolute atomic E-state index is 13.4. The number of hydrogen-bond donors (Lipinski definition) is 2. The van der Waals surface area contributed by atoms with E-state index in [1.54, 1.807) is 20.8 Å². The lowest BCUT2D eigenvalue weighted by Crippen LogP contribution is -2.28. The van der Waals surface area contributed by atoms with Crippen molar-refractivity contribution in [3.63, 3.8) is 0 Å². The van der Waals surface area contributed by atoms with E-state index in [2.05, 4.69) is 15.5 Å². The average molecular weight is 516 g/mol. The Labute approximate surface area is 212 Å². The molecule has 0 saturated heterocycles. The first kappa shape index (κ1) is 26.8. The van der Waals surface area contributed by atoms with Crippen molar-refractivity contribution in [3.05, 3.63) is 52.8 Å². The first-order chi connectivity index (χ1) is 17.3. The number of nitrogens with one attached hydrogen (secondary N) is 1. The lowest BCUT2D eigenvalue weighted by Gasteiger charge is -2.18. The fourth-order valence-electron chi connectivity index (χ4n) is 3.56. The number of aromatic nitrogens is 3. The number of thioether (sulfide) groups is 1. The molecule has 0 fully saturated rings. The van der Waals surface area contributed by atoms with Crippen LogP contribution in [0, 0.1) is 6.92 Å². The van der Waals surface area contributed by atoms with Gasteiger partial charge in [-0.1, -0.05) is 49.0 Å². The number of hydrogen-bond acceptors (Lipinski definition) is 10. The summed E-state index contributed by atoms with van der Waals surface area (Å²) in [6.07, 6.45) is 0.339. The topological polar surface area (TPSA) is 152 Å². The van der Waals surface area contributed by atoms with Crippen LogP contribution < -0.4 is 11.1 Å². The Bertz CT molecular complexity index is 1220. The van der Waals surface area contributed by atoms with Crippen molar-refractivity contribution in [1.82, 2.24) is 14.8 Å². The molecule has 11 nitrogen and oxygen atoms in total. The molecule has 192 valence electrons. The van der Waals surface area contributed by atoms with Crippen LogP contribution >= 0.6 is 11.8 Å². The molecule has 3 rings (SSSR count). The van der Waals surface area contributed by atoms with Crippen LogP contribution in [0.2, 0.25) is 0 Å². The quantitative estimate of drug-likeness (QED) is 0.283. The van der Waals surface area contributed by atoms with Gasteiger partial charge in [-0.05, 0) is 32.8 Å². The van der Waals surface area contributed by atoms with Gasteiger partial charge in [0.1, 0.15) is 22.9 Å². The molecule has 2 aromatic heterocycles. The summed E-state index contributed by atoms with van der Waals surface area (Å²) in [4.78, 5) is 38.6. The standard InChI is InChI=1S/C24H29N5O6S/c1-5-16(29-23(25)27-28-24(29)36-13-15-11-9-8-10-12-15)19(30)26-20-18(22(32)34-7-3)17(14(4)35-20)21(31)33-6-2/h8-12,16H,5-7,13H2,1-4H3,(H2,25,27)(H,26,30). The number of anilines is 2. The van der Waals surface area contributed by atoms with E-state index in [0.717, 1.165) is 5.56 Å². The van der Waals surface area contributed by atoms with Crippen LogP contribution in [0.15, 0.2) is 39.9 Å². The number of carbonyl (C=O) groups excluding carboxylic acids is 3. The normalized spacial score (nSPS) is 11.7. The number of aryl methyl sites for hydroxylation is 1. The van der Waals surface area contributed by atoms with Gasteiger partial charge in [-0.25, -0.2) is 9.59 Å². The number of benzene rings is 1. The van der Waals surface area contributed by atoms with E-state index in [-0.39, 0.29) is 41.9 Å². The van der Waals surface area contributed by atoms with Crippen LogP contribution in [0.3, 0.4) is 0 Å². The highest BCUT2D eigenvalue weighted by Gasteiger charge is 2.33. The predicted molar refractivity (Wildman–Crippen MR) is 134 cm³/mol. The number of nitrogens with two attached hydrogens (primary N) is 1. The minimum absolute atomic E-state index is 0.0650. The van der Waals surface area contributed by atoms with Crippen LogP contribution in [0.25, 0.3) is 0 Å². The molecule has 36 heavy (non-hydrogen) atoms.